The summed E-state index contributed by atoms with van der Waals surface area (Å²) in [5.74, 6) is 4.84. The zero-order valence-corrected chi connectivity index (χ0v) is 25.7. The molecule has 0 aliphatic carbocycles. The summed E-state index contributed by atoms with van der Waals surface area (Å²) in [6.45, 7) is 7.27. The van der Waals surface area contributed by atoms with Gasteiger partial charge in [0.05, 0.1) is 29.3 Å². The number of pyridine rings is 1. The van der Waals surface area contributed by atoms with E-state index in [2.05, 4.69) is 67.9 Å². The van der Waals surface area contributed by atoms with Crippen LogP contribution in [0.4, 0.5) is 0 Å². The molecule has 43 heavy (non-hydrogen) atoms. The highest BCUT2D eigenvalue weighted by Crippen LogP contribution is 2.29. The van der Waals surface area contributed by atoms with Gasteiger partial charge in [0.15, 0.2) is 0 Å². The quantitative estimate of drug-likeness (QED) is 0.191. The molecule has 214 valence electrons. The van der Waals surface area contributed by atoms with Crippen LogP contribution >= 0.6 is 0 Å². The third-order valence-electron chi connectivity index (χ3n) is 6.70. The van der Waals surface area contributed by atoms with Crippen molar-refractivity contribution in [1.82, 2.24) is 44.8 Å². The van der Waals surface area contributed by atoms with E-state index >= 15 is 0 Å². The van der Waals surface area contributed by atoms with Crippen LogP contribution in [0.3, 0.4) is 0 Å². The fourth-order valence-corrected chi connectivity index (χ4v) is 5.05. The number of fused-ring (bicyclic) bond motifs is 3. The summed E-state index contributed by atoms with van der Waals surface area (Å²) >= 11 is 0. The molecule has 0 amide bonds. The lowest BCUT2D eigenvalue weighted by molar-refractivity contribution is 0.473. The predicted molar refractivity (Wildman–Crippen MR) is 170 cm³/mol. The molecule has 0 atom stereocenters. The van der Waals surface area contributed by atoms with E-state index in [1.54, 1.807) is 21.8 Å². The summed E-state index contributed by atoms with van der Waals surface area (Å²) in [5.41, 5.74) is 11.0. The second kappa shape index (κ2) is 11.5. The molecule has 0 fully saturated rings. The maximum absolute atomic E-state index is 6.34. The molecule has 0 N–H and O–H groups in total. The third kappa shape index (κ3) is 6.29. The molecule has 0 spiro atoms. The number of ether oxygens (including phenoxy) is 1. The first-order valence-electron chi connectivity index (χ1n) is 13.9. The molecule has 0 unspecified atom stereocenters. The SMILES string of the molecule is Cn1nnc2ccc(Oc3ccc(C#C[Si](C)(C)C)cc3Cn3ncc4ncccc43)cc21.Cn1nnc2ccccc21. The van der Waals surface area contributed by atoms with Crippen molar-refractivity contribution in [3.63, 3.8) is 0 Å². The molecule has 0 saturated carbocycles. The smallest absolute Gasteiger partial charge is 0.132 e. The van der Waals surface area contributed by atoms with Gasteiger partial charge in [-0.05, 0) is 54.6 Å². The summed E-state index contributed by atoms with van der Waals surface area (Å²) in [7, 11) is 2.26. The van der Waals surface area contributed by atoms with Crippen molar-refractivity contribution in [2.24, 2.45) is 14.1 Å². The largest absolute Gasteiger partial charge is 0.457 e. The average Bonchev–Trinajstić information content (AvgIpc) is 3.70. The van der Waals surface area contributed by atoms with Crippen LogP contribution in [0.2, 0.25) is 19.6 Å². The third-order valence-corrected chi connectivity index (χ3v) is 7.58. The van der Waals surface area contributed by atoms with Crippen LogP contribution in [0.1, 0.15) is 11.1 Å². The van der Waals surface area contributed by atoms with Gasteiger partial charge in [-0.2, -0.15) is 5.10 Å². The van der Waals surface area contributed by atoms with Crippen LogP contribution in [0.5, 0.6) is 11.5 Å². The van der Waals surface area contributed by atoms with E-state index in [1.807, 2.05) is 85.5 Å². The molecular weight excluding hydrogens is 555 g/mol. The molecule has 0 saturated heterocycles. The number of nitrogens with zero attached hydrogens (tertiary/aromatic N) is 9. The van der Waals surface area contributed by atoms with Gasteiger partial charge in [0, 0.05) is 37.5 Å². The van der Waals surface area contributed by atoms with Crippen molar-refractivity contribution >= 4 is 41.2 Å². The molecule has 7 aromatic rings. The Kier molecular flexibility index (Phi) is 7.44. The molecule has 0 aliphatic heterocycles. The van der Waals surface area contributed by atoms with Gasteiger partial charge in [-0.1, -0.05) is 48.1 Å². The fraction of sp³-hybridized carbons (Fsp3) is 0.188. The van der Waals surface area contributed by atoms with Crippen molar-refractivity contribution in [3.05, 3.63) is 96.3 Å². The summed E-state index contributed by atoms with van der Waals surface area (Å²) in [6.07, 6.45) is 3.56. The Morgan fingerprint density at radius 3 is 2.30 bits per heavy atom. The maximum Gasteiger partial charge on any atom is 0.132 e. The second-order valence-corrected chi connectivity index (χ2v) is 15.9. The topological polar surface area (TPSA) is 101 Å². The number of aryl methyl sites for hydroxylation is 2. The molecule has 7 rings (SSSR count). The van der Waals surface area contributed by atoms with Crippen LogP contribution in [0.25, 0.3) is 33.1 Å². The number of rotatable bonds is 4. The van der Waals surface area contributed by atoms with Crippen molar-refractivity contribution in [2.45, 2.75) is 26.2 Å². The summed E-state index contributed by atoms with van der Waals surface area (Å²) in [4.78, 5) is 4.39. The Balaban J connectivity index is 0.000000277. The Labute approximate surface area is 249 Å². The van der Waals surface area contributed by atoms with Crippen LogP contribution in [-0.2, 0) is 20.6 Å². The van der Waals surface area contributed by atoms with Gasteiger partial charge >= 0.3 is 0 Å². The minimum Gasteiger partial charge on any atom is -0.457 e. The molecule has 10 nitrogen and oxygen atoms in total. The molecule has 4 heterocycles. The first kappa shape index (κ1) is 27.8. The van der Waals surface area contributed by atoms with E-state index in [-0.39, 0.29) is 0 Å². The molecular formula is C32H31N9OSi. The van der Waals surface area contributed by atoms with E-state index in [1.165, 1.54) is 0 Å². The van der Waals surface area contributed by atoms with Gasteiger partial charge in [-0.25, -0.2) is 9.36 Å². The molecule has 0 radical (unpaired) electrons. The maximum atomic E-state index is 6.34. The molecule has 0 bridgehead atoms. The van der Waals surface area contributed by atoms with Crippen LogP contribution in [0, 0.1) is 11.5 Å². The van der Waals surface area contributed by atoms with E-state index < -0.39 is 8.07 Å². The standard InChI is InChI=1S/C25H24N6OSi.C7H7N3/c1-30-24-15-20(8-9-21(24)28-29-30)32-25-10-7-18(11-13-33(2,3)4)14-19(25)17-31-23-6-5-12-26-22(23)16-27-31;1-10-7-5-3-2-4-6(7)8-9-10/h5-10,12,14-16H,17H2,1-4H3;2-5H,1H3. The van der Waals surface area contributed by atoms with Gasteiger partial charge < -0.3 is 4.74 Å². The van der Waals surface area contributed by atoms with Crippen molar-refractivity contribution in [3.8, 4) is 23.0 Å². The van der Waals surface area contributed by atoms with E-state index in [9.17, 15) is 0 Å². The molecule has 0 aliphatic rings. The number of aromatic nitrogens is 9. The number of hydrogen-bond acceptors (Lipinski definition) is 7. The Morgan fingerprint density at radius 1 is 0.767 bits per heavy atom. The molecule has 3 aromatic carbocycles. The summed E-state index contributed by atoms with van der Waals surface area (Å²) in [6, 6.07) is 23.7. The first-order valence-corrected chi connectivity index (χ1v) is 17.4. The van der Waals surface area contributed by atoms with Crippen LogP contribution in [-0.4, -0.2) is 52.8 Å². The number of benzene rings is 3. The summed E-state index contributed by atoms with van der Waals surface area (Å²) < 4.78 is 11.8. The van der Waals surface area contributed by atoms with Gasteiger partial charge in [0.25, 0.3) is 0 Å². The molecule has 4 aromatic heterocycles. The van der Waals surface area contributed by atoms with Gasteiger partial charge in [-0.15, -0.1) is 15.7 Å². The zero-order valence-electron chi connectivity index (χ0n) is 24.7. The van der Waals surface area contributed by atoms with Gasteiger partial charge in [0.1, 0.15) is 36.1 Å². The molecule has 11 heteroatoms. The predicted octanol–water partition coefficient (Wildman–Crippen LogP) is 5.75. The van der Waals surface area contributed by atoms with Crippen LogP contribution < -0.4 is 4.74 Å². The fourth-order valence-electron chi connectivity index (χ4n) is 4.53. The highest BCUT2D eigenvalue weighted by Gasteiger charge is 2.13. The average molecular weight is 586 g/mol. The van der Waals surface area contributed by atoms with E-state index in [0.717, 1.165) is 55.7 Å². The zero-order chi connectivity index (χ0) is 30.0. The lowest BCUT2D eigenvalue weighted by Gasteiger charge is -2.13. The number of para-hydroxylation sites is 1. The van der Waals surface area contributed by atoms with Crippen molar-refractivity contribution < 1.29 is 4.74 Å². The number of hydrogen-bond donors (Lipinski definition) is 0. The van der Waals surface area contributed by atoms with Gasteiger partial charge in [-0.3, -0.25) is 9.67 Å². The van der Waals surface area contributed by atoms with Crippen LogP contribution in [0.15, 0.2) is 85.2 Å². The lowest BCUT2D eigenvalue weighted by atomic mass is 10.1. The summed E-state index contributed by atoms with van der Waals surface area (Å²) in [5, 5.41) is 20.6. The van der Waals surface area contributed by atoms with Crippen molar-refractivity contribution in [2.75, 3.05) is 0 Å². The monoisotopic (exact) mass is 585 g/mol. The Hall–Kier alpha value is -5.34. The Bertz CT molecular complexity index is 2130. The Morgan fingerprint density at radius 2 is 1.51 bits per heavy atom. The normalized spacial score (nSPS) is 11.3. The lowest BCUT2D eigenvalue weighted by Crippen LogP contribution is -2.16. The van der Waals surface area contributed by atoms with E-state index in [4.69, 9.17) is 4.74 Å². The highest BCUT2D eigenvalue weighted by molar-refractivity contribution is 6.83. The van der Waals surface area contributed by atoms with Crippen molar-refractivity contribution in [1.29, 1.82) is 0 Å². The minimum absolute atomic E-state index is 0.544. The highest BCUT2D eigenvalue weighted by atomic mass is 28.3. The first-order chi connectivity index (χ1) is 20.7. The van der Waals surface area contributed by atoms with Gasteiger partial charge in [0.2, 0.25) is 0 Å². The second-order valence-electron chi connectivity index (χ2n) is 11.2. The minimum atomic E-state index is -1.49. The van der Waals surface area contributed by atoms with E-state index in [0.29, 0.717) is 6.54 Å².